The summed E-state index contributed by atoms with van der Waals surface area (Å²) in [6.45, 7) is 2.88. The third kappa shape index (κ3) is 7.57. The maximum Gasteiger partial charge on any atom is 0.251 e. The molecule has 0 saturated carbocycles. The molecule has 0 spiro atoms. The monoisotopic (exact) mass is 437 g/mol. The molecule has 0 bridgehead atoms. The highest BCUT2D eigenvalue weighted by Crippen LogP contribution is 2.19. The van der Waals surface area contributed by atoms with Gasteiger partial charge in [0.2, 0.25) is 0 Å². The highest BCUT2D eigenvalue weighted by atomic mass is 32.2. The smallest absolute Gasteiger partial charge is 0.251 e. The Morgan fingerprint density at radius 2 is 1.48 bits per heavy atom. The van der Waals surface area contributed by atoms with Crippen LogP contribution in [0.4, 0.5) is 0 Å². The minimum absolute atomic E-state index is 0.138. The lowest BCUT2D eigenvalue weighted by atomic mass is 10.2. The molecule has 1 atom stereocenters. The van der Waals surface area contributed by atoms with Gasteiger partial charge >= 0.3 is 0 Å². The SMILES string of the molecule is COc1ccc(OC[C@@H](C)NC(=O)c2ccc(OCCSc3ccccc3)cc2)cc1. The van der Waals surface area contributed by atoms with Crippen molar-refractivity contribution in [2.24, 2.45) is 0 Å². The molecule has 0 aliphatic heterocycles. The lowest BCUT2D eigenvalue weighted by Gasteiger charge is -2.15. The molecule has 3 rings (SSSR count). The molecule has 162 valence electrons. The van der Waals surface area contributed by atoms with E-state index in [1.54, 1.807) is 31.0 Å². The molecule has 0 heterocycles. The standard InChI is InChI=1S/C25H27NO4S/c1-19(18-30-23-14-12-21(28-2)13-15-23)26-25(27)20-8-10-22(11-9-20)29-16-17-31-24-6-4-3-5-7-24/h3-15,19H,16-18H2,1-2H3,(H,26,27)/t19-/m1/s1. The van der Waals surface area contributed by atoms with Gasteiger partial charge in [-0.25, -0.2) is 0 Å². The Balaban J connectivity index is 1.38. The van der Waals surface area contributed by atoms with Gasteiger partial charge in [-0.1, -0.05) is 18.2 Å². The Labute approximate surface area is 187 Å². The van der Waals surface area contributed by atoms with Crippen molar-refractivity contribution in [3.8, 4) is 17.2 Å². The van der Waals surface area contributed by atoms with Crippen LogP contribution in [0.2, 0.25) is 0 Å². The second kappa shape index (κ2) is 11.9. The highest BCUT2D eigenvalue weighted by Gasteiger charge is 2.11. The Morgan fingerprint density at radius 3 is 2.16 bits per heavy atom. The van der Waals surface area contributed by atoms with Crippen molar-refractivity contribution in [1.29, 1.82) is 0 Å². The fourth-order valence-electron chi connectivity index (χ4n) is 2.78. The van der Waals surface area contributed by atoms with E-state index in [-0.39, 0.29) is 11.9 Å². The minimum atomic E-state index is -0.142. The summed E-state index contributed by atoms with van der Waals surface area (Å²) in [7, 11) is 1.62. The lowest BCUT2D eigenvalue weighted by molar-refractivity contribution is 0.0926. The van der Waals surface area contributed by atoms with E-state index in [2.05, 4.69) is 17.4 Å². The van der Waals surface area contributed by atoms with Crippen molar-refractivity contribution in [3.63, 3.8) is 0 Å². The van der Waals surface area contributed by atoms with Gasteiger partial charge in [0.25, 0.3) is 5.91 Å². The van der Waals surface area contributed by atoms with Gasteiger partial charge in [-0.05, 0) is 67.6 Å². The molecule has 0 aliphatic carbocycles. The quantitative estimate of drug-likeness (QED) is 0.336. The molecule has 0 radical (unpaired) electrons. The Morgan fingerprint density at radius 1 is 0.871 bits per heavy atom. The molecule has 3 aromatic carbocycles. The maximum atomic E-state index is 12.5. The highest BCUT2D eigenvalue weighted by molar-refractivity contribution is 7.99. The molecule has 5 nitrogen and oxygen atoms in total. The second-order valence-electron chi connectivity index (χ2n) is 6.90. The van der Waals surface area contributed by atoms with Crippen LogP contribution >= 0.6 is 11.8 Å². The van der Waals surface area contributed by atoms with Gasteiger partial charge in [-0.15, -0.1) is 11.8 Å². The first-order chi connectivity index (χ1) is 15.1. The molecule has 0 saturated heterocycles. The average Bonchev–Trinajstić information content (AvgIpc) is 2.82. The molecule has 3 aromatic rings. The van der Waals surface area contributed by atoms with E-state index in [4.69, 9.17) is 14.2 Å². The van der Waals surface area contributed by atoms with Gasteiger partial charge in [0.15, 0.2) is 0 Å². The molecular formula is C25H27NO4S. The normalized spacial score (nSPS) is 11.4. The van der Waals surface area contributed by atoms with Gasteiger partial charge in [0, 0.05) is 16.2 Å². The van der Waals surface area contributed by atoms with Gasteiger partial charge in [-0.3, -0.25) is 4.79 Å². The Bertz CT molecular complexity index is 930. The third-order valence-electron chi connectivity index (χ3n) is 4.42. The first kappa shape index (κ1) is 22.6. The Hall–Kier alpha value is -3.12. The zero-order valence-corrected chi connectivity index (χ0v) is 18.6. The van der Waals surface area contributed by atoms with Crippen LogP contribution in [0.25, 0.3) is 0 Å². The number of ether oxygens (including phenoxy) is 3. The molecule has 0 aromatic heterocycles. The number of benzene rings is 3. The van der Waals surface area contributed by atoms with Gasteiger partial charge in [-0.2, -0.15) is 0 Å². The summed E-state index contributed by atoms with van der Waals surface area (Å²) in [6, 6.07) is 24.6. The predicted molar refractivity (Wildman–Crippen MR) is 125 cm³/mol. The van der Waals surface area contributed by atoms with E-state index in [9.17, 15) is 4.79 Å². The summed E-state index contributed by atoms with van der Waals surface area (Å²) in [5.74, 6) is 2.97. The fraction of sp³-hybridized carbons (Fsp3) is 0.240. The van der Waals surface area contributed by atoms with E-state index < -0.39 is 0 Å². The van der Waals surface area contributed by atoms with E-state index in [1.807, 2.05) is 61.5 Å². The first-order valence-electron chi connectivity index (χ1n) is 10.1. The number of amides is 1. The molecule has 0 unspecified atom stereocenters. The van der Waals surface area contributed by atoms with Crippen LogP contribution < -0.4 is 19.5 Å². The zero-order valence-electron chi connectivity index (χ0n) is 17.7. The molecule has 6 heteroatoms. The largest absolute Gasteiger partial charge is 0.497 e. The summed E-state index contributed by atoms with van der Waals surface area (Å²) in [4.78, 5) is 13.7. The number of hydrogen-bond donors (Lipinski definition) is 1. The van der Waals surface area contributed by atoms with Gasteiger partial charge < -0.3 is 19.5 Å². The van der Waals surface area contributed by atoms with Crippen LogP contribution in [-0.2, 0) is 0 Å². The van der Waals surface area contributed by atoms with Crippen LogP contribution in [0.3, 0.4) is 0 Å². The van der Waals surface area contributed by atoms with Gasteiger partial charge in [0.05, 0.1) is 19.8 Å². The van der Waals surface area contributed by atoms with Crippen molar-refractivity contribution in [2.45, 2.75) is 17.9 Å². The number of carbonyl (C=O) groups excluding carboxylic acids is 1. The zero-order chi connectivity index (χ0) is 21.9. The molecule has 1 amide bonds. The third-order valence-corrected chi connectivity index (χ3v) is 5.39. The first-order valence-corrected chi connectivity index (χ1v) is 11.1. The van der Waals surface area contributed by atoms with Crippen LogP contribution in [0, 0.1) is 0 Å². The van der Waals surface area contributed by atoms with Gasteiger partial charge in [0.1, 0.15) is 23.9 Å². The van der Waals surface area contributed by atoms with Crippen LogP contribution in [0.1, 0.15) is 17.3 Å². The summed E-state index contributed by atoms with van der Waals surface area (Å²) in [5.41, 5.74) is 0.585. The molecule has 0 aliphatic rings. The number of methoxy groups -OCH3 is 1. The summed E-state index contributed by atoms with van der Waals surface area (Å²) in [6.07, 6.45) is 0. The minimum Gasteiger partial charge on any atom is -0.497 e. The number of carbonyl (C=O) groups is 1. The summed E-state index contributed by atoms with van der Waals surface area (Å²) in [5, 5.41) is 2.95. The second-order valence-corrected chi connectivity index (χ2v) is 8.06. The molecule has 0 fully saturated rings. The van der Waals surface area contributed by atoms with Crippen LogP contribution in [0.15, 0.2) is 83.8 Å². The van der Waals surface area contributed by atoms with E-state index in [0.717, 1.165) is 23.0 Å². The van der Waals surface area contributed by atoms with Crippen molar-refractivity contribution in [1.82, 2.24) is 5.32 Å². The van der Waals surface area contributed by atoms with E-state index in [0.29, 0.717) is 18.8 Å². The van der Waals surface area contributed by atoms with Crippen LogP contribution in [-0.4, -0.2) is 38.0 Å². The average molecular weight is 438 g/mol. The number of nitrogens with one attached hydrogen (secondary N) is 1. The van der Waals surface area contributed by atoms with Crippen molar-refractivity contribution < 1.29 is 19.0 Å². The number of rotatable bonds is 11. The molecular weight excluding hydrogens is 410 g/mol. The molecule has 31 heavy (non-hydrogen) atoms. The topological polar surface area (TPSA) is 56.8 Å². The predicted octanol–water partition coefficient (Wildman–Crippen LogP) is 5.06. The van der Waals surface area contributed by atoms with Crippen molar-refractivity contribution >= 4 is 17.7 Å². The van der Waals surface area contributed by atoms with Crippen molar-refractivity contribution in [2.75, 3.05) is 26.1 Å². The Kier molecular flexibility index (Phi) is 8.67. The van der Waals surface area contributed by atoms with E-state index >= 15 is 0 Å². The lowest BCUT2D eigenvalue weighted by Crippen LogP contribution is -2.36. The summed E-state index contributed by atoms with van der Waals surface area (Å²) < 4.78 is 16.6. The number of thioether (sulfide) groups is 1. The number of hydrogen-bond acceptors (Lipinski definition) is 5. The van der Waals surface area contributed by atoms with Crippen molar-refractivity contribution in [3.05, 3.63) is 84.4 Å². The molecule has 1 N–H and O–H groups in total. The maximum absolute atomic E-state index is 12.5. The fourth-order valence-corrected chi connectivity index (χ4v) is 3.53. The summed E-state index contributed by atoms with van der Waals surface area (Å²) >= 11 is 1.75. The van der Waals surface area contributed by atoms with E-state index in [1.165, 1.54) is 4.90 Å². The van der Waals surface area contributed by atoms with Crippen LogP contribution in [0.5, 0.6) is 17.2 Å².